The Bertz CT molecular complexity index is 811. The zero-order valence-corrected chi connectivity index (χ0v) is 15.4. The first kappa shape index (κ1) is 22.3. The number of H-pyrrole nitrogens is 1. The predicted octanol–water partition coefficient (Wildman–Crippen LogP) is 2.02. The van der Waals surface area contributed by atoms with Gasteiger partial charge in [0.05, 0.1) is 19.8 Å². The number of aliphatic hydroxyl groups excluding tert-OH is 3. The molecule has 6 N–H and O–H groups in total. The van der Waals surface area contributed by atoms with Crippen molar-refractivity contribution in [2.75, 3.05) is 7.05 Å². The molecule has 0 aliphatic heterocycles. The van der Waals surface area contributed by atoms with Crippen molar-refractivity contribution in [1.29, 1.82) is 0 Å². The van der Waals surface area contributed by atoms with Gasteiger partial charge in [0.25, 0.3) is 0 Å². The zero-order valence-electron chi connectivity index (χ0n) is 15.4. The SMILES string of the molecule is C=C.C=Cc1c(C(=O)O)[nH]c(CNC)c1-c1ccc(CO)c(CO)c1CO. The van der Waals surface area contributed by atoms with E-state index in [-0.39, 0.29) is 25.5 Å². The average molecular weight is 374 g/mol. The van der Waals surface area contributed by atoms with Crippen LogP contribution in [0.1, 0.15) is 38.4 Å². The van der Waals surface area contributed by atoms with Crippen LogP contribution in [0.25, 0.3) is 17.2 Å². The van der Waals surface area contributed by atoms with Crippen molar-refractivity contribution in [3.63, 3.8) is 0 Å². The molecule has 1 aromatic carbocycles. The zero-order chi connectivity index (χ0) is 20.6. The first-order valence-corrected chi connectivity index (χ1v) is 8.25. The fraction of sp³-hybridized carbons (Fsp3) is 0.250. The van der Waals surface area contributed by atoms with Crippen molar-refractivity contribution in [3.05, 3.63) is 65.5 Å². The number of benzene rings is 1. The van der Waals surface area contributed by atoms with Gasteiger partial charge in [-0.3, -0.25) is 0 Å². The summed E-state index contributed by atoms with van der Waals surface area (Å²) >= 11 is 0. The summed E-state index contributed by atoms with van der Waals surface area (Å²) in [5.74, 6) is -1.11. The van der Waals surface area contributed by atoms with Crippen LogP contribution in [0.3, 0.4) is 0 Å². The van der Waals surface area contributed by atoms with Gasteiger partial charge in [0.1, 0.15) is 5.69 Å². The lowest BCUT2D eigenvalue weighted by atomic mass is 9.90. The molecule has 1 heterocycles. The lowest BCUT2D eigenvalue weighted by Gasteiger charge is -2.17. The lowest BCUT2D eigenvalue weighted by Crippen LogP contribution is -2.08. The van der Waals surface area contributed by atoms with E-state index >= 15 is 0 Å². The standard InChI is InChI=1S/C18H22N2O5.C2H4/c1-3-11-16(15(6-19-2)20-17(11)18(24)25)12-5-4-10(7-21)13(8-22)14(12)9-23;1-2/h3-5,19-23H,1,6-9H2,2H3,(H,24,25);1-2H2. The Hall–Kier alpha value is -2.71. The van der Waals surface area contributed by atoms with Gasteiger partial charge in [0.15, 0.2) is 0 Å². The van der Waals surface area contributed by atoms with Gasteiger partial charge in [-0.2, -0.15) is 0 Å². The van der Waals surface area contributed by atoms with Crippen molar-refractivity contribution in [3.8, 4) is 11.1 Å². The second-order valence-corrected chi connectivity index (χ2v) is 5.51. The van der Waals surface area contributed by atoms with E-state index < -0.39 is 5.97 Å². The van der Waals surface area contributed by atoms with Gasteiger partial charge in [-0.15, -0.1) is 13.2 Å². The van der Waals surface area contributed by atoms with Gasteiger partial charge < -0.3 is 30.7 Å². The summed E-state index contributed by atoms with van der Waals surface area (Å²) in [7, 11) is 1.74. The van der Waals surface area contributed by atoms with Crippen LogP contribution in [-0.2, 0) is 26.4 Å². The van der Waals surface area contributed by atoms with Crippen molar-refractivity contribution < 1.29 is 25.2 Å². The maximum Gasteiger partial charge on any atom is 0.352 e. The Morgan fingerprint density at radius 2 is 1.78 bits per heavy atom. The molecule has 0 saturated carbocycles. The molecule has 0 unspecified atom stereocenters. The third-order valence-electron chi connectivity index (χ3n) is 4.17. The second kappa shape index (κ2) is 10.4. The molecule has 0 spiro atoms. The molecule has 1 aromatic heterocycles. The number of carboxylic acids is 1. The molecule has 0 bridgehead atoms. The summed E-state index contributed by atoms with van der Waals surface area (Å²) in [6.45, 7) is 9.11. The Morgan fingerprint density at radius 1 is 1.15 bits per heavy atom. The van der Waals surface area contributed by atoms with Crippen molar-refractivity contribution in [2.24, 2.45) is 0 Å². The van der Waals surface area contributed by atoms with E-state index in [9.17, 15) is 25.2 Å². The number of aromatic carboxylic acids is 1. The fourth-order valence-corrected chi connectivity index (χ4v) is 3.06. The van der Waals surface area contributed by atoms with Crippen LogP contribution in [0, 0.1) is 0 Å². The molecule has 0 fully saturated rings. The molecule has 7 heteroatoms. The maximum absolute atomic E-state index is 11.5. The minimum Gasteiger partial charge on any atom is -0.477 e. The Labute approximate surface area is 158 Å². The number of hydrogen-bond acceptors (Lipinski definition) is 5. The summed E-state index contributed by atoms with van der Waals surface area (Å²) < 4.78 is 0. The number of rotatable bonds is 8. The summed E-state index contributed by atoms with van der Waals surface area (Å²) in [5.41, 5.74) is 3.64. The normalized spacial score (nSPS) is 10.2. The number of carbonyl (C=O) groups is 1. The highest BCUT2D eigenvalue weighted by Gasteiger charge is 2.24. The van der Waals surface area contributed by atoms with Crippen LogP contribution in [0.4, 0.5) is 0 Å². The molecular formula is C20H26N2O5. The quantitative estimate of drug-likeness (QED) is 0.393. The van der Waals surface area contributed by atoms with Crippen LogP contribution in [0.15, 0.2) is 31.9 Å². The minimum absolute atomic E-state index is 0.0101. The number of aliphatic hydroxyl groups is 3. The summed E-state index contributed by atoms with van der Waals surface area (Å²) in [6.07, 6.45) is 1.45. The van der Waals surface area contributed by atoms with E-state index in [0.29, 0.717) is 45.6 Å². The first-order chi connectivity index (χ1) is 13.0. The highest BCUT2D eigenvalue weighted by atomic mass is 16.4. The molecule has 146 valence electrons. The van der Waals surface area contributed by atoms with Gasteiger partial charge >= 0.3 is 5.97 Å². The van der Waals surface area contributed by atoms with Crippen LogP contribution < -0.4 is 5.32 Å². The summed E-state index contributed by atoms with van der Waals surface area (Å²) in [6, 6.07) is 3.36. The highest BCUT2D eigenvalue weighted by molar-refractivity contribution is 5.96. The van der Waals surface area contributed by atoms with E-state index in [1.807, 2.05) is 0 Å². The monoisotopic (exact) mass is 374 g/mol. The summed E-state index contributed by atoms with van der Waals surface area (Å²) in [5, 5.41) is 41.4. The van der Waals surface area contributed by atoms with Crippen LogP contribution in [0.5, 0.6) is 0 Å². The smallest absolute Gasteiger partial charge is 0.352 e. The molecule has 2 aromatic rings. The number of hydrogen-bond donors (Lipinski definition) is 6. The number of aromatic nitrogens is 1. The van der Waals surface area contributed by atoms with Crippen molar-refractivity contribution >= 4 is 12.0 Å². The van der Waals surface area contributed by atoms with Crippen molar-refractivity contribution in [1.82, 2.24) is 10.3 Å². The van der Waals surface area contributed by atoms with E-state index in [1.165, 1.54) is 6.08 Å². The molecule has 0 amide bonds. The lowest BCUT2D eigenvalue weighted by molar-refractivity contribution is 0.0691. The molecule has 0 aliphatic rings. The Balaban J connectivity index is 0.00000176. The first-order valence-electron chi connectivity index (χ1n) is 8.25. The van der Waals surface area contributed by atoms with Gasteiger partial charge in [-0.25, -0.2) is 4.79 Å². The second-order valence-electron chi connectivity index (χ2n) is 5.51. The molecule has 27 heavy (non-hydrogen) atoms. The fourth-order valence-electron chi connectivity index (χ4n) is 3.06. The average Bonchev–Trinajstić information content (AvgIpc) is 3.06. The Kier molecular flexibility index (Phi) is 8.64. The minimum atomic E-state index is -1.11. The third-order valence-corrected chi connectivity index (χ3v) is 4.17. The van der Waals surface area contributed by atoms with E-state index in [4.69, 9.17) is 0 Å². The van der Waals surface area contributed by atoms with Gasteiger partial charge in [0.2, 0.25) is 0 Å². The topological polar surface area (TPSA) is 126 Å². The molecule has 0 radical (unpaired) electrons. The number of carboxylic acid groups (broad SMARTS) is 1. The maximum atomic E-state index is 11.5. The van der Waals surface area contributed by atoms with Crippen molar-refractivity contribution in [2.45, 2.75) is 26.4 Å². The number of aromatic amines is 1. The molecule has 7 nitrogen and oxygen atoms in total. The van der Waals surface area contributed by atoms with Gasteiger partial charge in [0, 0.05) is 23.4 Å². The molecule has 0 atom stereocenters. The summed E-state index contributed by atoms with van der Waals surface area (Å²) in [4.78, 5) is 14.4. The van der Waals surface area contributed by atoms with Gasteiger partial charge in [-0.05, 0) is 29.3 Å². The molecule has 0 saturated heterocycles. The van der Waals surface area contributed by atoms with E-state index in [1.54, 1.807) is 19.2 Å². The van der Waals surface area contributed by atoms with E-state index in [0.717, 1.165) is 0 Å². The molecule has 0 aliphatic carbocycles. The Morgan fingerprint density at radius 3 is 2.22 bits per heavy atom. The third kappa shape index (κ3) is 4.35. The number of nitrogens with one attached hydrogen (secondary N) is 2. The highest BCUT2D eigenvalue weighted by Crippen LogP contribution is 2.36. The van der Waals surface area contributed by atoms with Gasteiger partial charge in [-0.1, -0.05) is 24.8 Å². The predicted molar refractivity (Wildman–Crippen MR) is 105 cm³/mol. The van der Waals surface area contributed by atoms with Crippen LogP contribution in [-0.4, -0.2) is 38.4 Å². The molecule has 2 rings (SSSR count). The van der Waals surface area contributed by atoms with Crippen LogP contribution >= 0.6 is 0 Å². The van der Waals surface area contributed by atoms with Crippen LogP contribution in [0.2, 0.25) is 0 Å². The molecular weight excluding hydrogens is 348 g/mol. The van der Waals surface area contributed by atoms with E-state index in [2.05, 4.69) is 30.0 Å². The largest absolute Gasteiger partial charge is 0.477 e.